The topological polar surface area (TPSA) is 80.5 Å². The highest BCUT2D eigenvalue weighted by Gasteiger charge is 2.32. The predicted octanol–water partition coefficient (Wildman–Crippen LogP) is 5.03. The Labute approximate surface area is 172 Å². The average molecular weight is 432 g/mol. The van der Waals surface area contributed by atoms with Crippen LogP contribution in [0.1, 0.15) is 18.2 Å². The Bertz CT molecular complexity index is 1120. The Balaban J connectivity index is 1.95. The highest BCUT2D eigenvalue weighted by Crippen LogP contribution is 2.31. The van der Waals surface area contributed by atoms with Gasteiger partial charge in [-0.25, -0.2) is 17.2 Å². The van der Waals surface area contributed by atoms with Crippen LogP contribution in [0.4, 0.5) is 20.2 Å². The van der Waals surface area contributed by atoms with Gasteiger partial charge in [-0.05, 0) is 35.9 Å². The van der Waals surface area contributed by atoms with E-state index in [2.05, 4.69) is 0 Å². The quantitative estimate of drug-likeness (QED) is 0.369. The molecule has 0 amide bonds. The van der Waals surface area contributed by atoms with Gasteiger partial charge in [-0.2, -0.15) is 0 Å². The lowest BCUT2D eigenvalue weighted by atomic mass is 10.1. The number of sulfonamides is 1. The maximum absolute atomic E-state index is 14.7. The SMILES string of the molecule is O=[N+]([O-])c1ccccc1S(=O)(=O)N(CC[C@@H](F)c1ccc(F)cc1)c1ccccc1. The van der Waals surface area contributed by atoms with E-state index in [4.69, 9.17) is 0 Å². The molecule has 6 nitrogen and oxygen atoms in total. The van der Waals surface area contributed by atoms with Crippen LogP contribution < -0.4 is 4.31 Å². The van der Waals surface area contributed by atoms with Crippen molar-refractivity contribution in [1.29, 1.82) is 0 Å². The lowest BCUT2D eigenvalue weighted by Crippen LogP contribution is -2.33. The number of hydrogen-bond acceptors (Lipinski definition) is 4. The van der Waals surface area contributed by atoms with Gasteiger partial charge in [0, 0.05) is 19.0 Å². The first-order chi connectivity index (χ1) is 14.3. The summed E-state index contributed by atoms with van der Waals surface area (Å²) in [4.78, 5) is 10.1. The van der Waals surface area contributed by atoms with E-state index in [0.29, 0.717) is 0 Å². The second-order valence-corrected chi connectivity index (χ2v) is 8.28. The molecule has 0 aromatic heterocycles. The largest absolute Gasteiger partial charge is 0.289 e. The molecule has 30 heavy (non-hydrogen) atoms. The van der Waals surface area contributed by atoms with Crippen LogP contribution in [0.5, 0.6) is 0 Å². The zero-order valence-corrected chi connectivity index (χ0v) is 16.5. The summed E-state index contributed by atoms with van der Waals surface area (Å²) in [7, 11) is -4.35. The van der Waals surface area contributed by atoms with Crippen molar-refractivity contribution in [3.63, 3.8) is 0 Å². The van der Waals surface area contributed by atoms with Crippen LogP contribution in [0, 0.1) is 15.9 Å². The van der Waals surface area contributed by atoms with E-state index in [-0.39, 0.29) is 24.2 Å². The number of halogens is 2. The lowest BCUT2D eigenvalue weighted by molar-refractivity contribution is -0.387. The van der Waals surface area contributed by atoms with Gasteiger partial charge in [0.15, 0.2) is 4.90 Å². The third-order valence-electron chi connectivity index (χ3n) is 4.49. The molecule has 0 saturated heterocycles. The first-order valence-electron chi connectivity index (χ1n) is 9.01. The highest BCUT2D eigenvalue weighted by molar-refractivity contribution is 7.93. The second kappa shape index (κ2) is 9.00. The minimum absolute atomic E-state index is 0.215. The van der Waals surface area contributed by atoms with Gasteiger partial charge in [-0.3, -0.25) is 14.4 Å². The average Bonchev–Trinajstić information content (AvgIpc) is 2.75. The van der Waals surface area contributed by atoms with E-state index in [1.165, 1.54) is 36.4 Å². The summed E-state index contributed by atoms with van der Waals surface area (Å²) < 4.78 is 55.3. The van der Waals surface area contributed by atoms with Gasteiger partial charge in [-0.15, -0.1) is 0 Å². The van der Waals surface area contributed by atoms with E-state index >= 15 is 0 Å². The number of hydrogen-bond donors (Lipinski definition) is 0. The fourth-order valence-electron chi connectivity index (χ4n) is 3.00. The summed E-state index contributed by atoms with van der Waals surface area (Å²) in [5.74, 6) is -0.504. The highest BCUT2D eigenvalue weighted by atomic mass is 32.2. The summed E-state index contributed by atoms with van der Waals surface area (Å²) in [6.07, 6.45) is -1.77. The lowest BCUT2D eigenvalue weighted by Gasteiger charge is -2.25. The molecule has 0 aliphatic rings. The predicted molar refractivity (Wildman–Crippen MR) is 109 cm³/mol. The molecule has 0 heterocycles. The van der Waals surface area contributed by atoms with Crippen LogP contribution in [0.2, 0.25) is 0 Å². The summed E-state index contributed by atoms with van der Waals surface area (Å²) in [6, 6.07) is 17.8. The van der Waals surface area contributed by atoms with E-state index in [1.54, 1.807) is 18.2 Å². The zero-order chi connectivity index (χ0) is 21.7. The number of alkyl halides is 1. The van der Waals surface area contributed by atoms with Gasteiger partial charge in [0.1, 0.15) is 12.0 Å². The summed E-state index contributed by atoms with van der Waals surface area (Å²) in [6.45, 7) is -0.267. The Morgan fingerprint density at radius 3 is 2.17 bits per heavy atom. The molecule has 0 bridgehead atoms. The van der Waals surface area contributed by atoms with E-state index in [0.717, 1.165) is 28.6 Å². The number of nitrogens with zero attached hydrogens (tertiary/aromatic N) is 2. The van der Waals surface area contributed by atoms with Crippen molar-refractivity contribution in [2.24, 2.45) is 0 Å². The maximum Gasteiger partial charge on any atom is 0.289 e. The minimum Gasteiger partial charge on any atom is -0.266 e. The van der Waals surface area contributed by atoms with Gasteiger partial charge in [0.05, 0.1) is 10.6 Å². The number of rotatable bonds is 8. The van der Waals surface area contributed by atoms with Gasteiger partial charge < -0.3 is 0 Å². The van der Waals surface area contributed by atoms with E-state index < -0.39 is 37.5 Å². The van der Waals surface area contributed by atoms with Crippen LogP contribution in [0.25, 0.3) is 0 Å². The van der Waals surface area contributed by atoms with Gasteiger partial charge in [0.25, 0.3) is 15.7 Å². The van der Waals surface area contributed by atoms with Crippen LogP contribution in [-0.4, -0.2) is 19.9 Å². The number of nitro benzene ring substituents is 1. The van der Waals surface area contributed by atoms with Crippen molar-refractivity contribution in [3.8, 4) is 0 Å². The zero-order valence-electron chi connectivity index (χ0n) is 15.7. The fourth-order valence-corrected chi connectivity index (χ4v) is 4.64. The van der Waals surface area contributed by atoms with Crippen LogP contribution in [-0.2, 0) is 10.0 Å². The third kappa shape index (κ3) is 4.62. The van der Waals surface area contributed by atoms with Crippen LogP contribution >= 0.6 is 0 Å². The van der Waals surface area contributed by atoms with Crippen molar-refractivity contribution >= 4 is 21.4 Å². The van der Waals surface area contributed by atoms with Gasteiger partial charge in [-0.1, -0.05) is 42.5 Å². The van der Waals surface area contributed by atoms with E-state index in [1.807, 2.05) is 0 Å². The van der Waals surface area contributed by atoms with Gasteiger partial charge >= 0.3 is 0 Å². The molecule has 3 rings (SSSR count). The molecule has 156 valence electrons. The molecule has 3 aromatic carbocycles. The maximum atomic E-state index is 14.7. The monoisotopic (exact) mass is 432 g/mol. The standard InChI is InChI=1S/C21H18F2N2O4S/c22-17-12-10-16(11-13-17)19(23)14-15-24(18-6-2-1-3-7-18)30(28,29)21-9-5-4-8-20(21)25(26)27/h1-13,19H,14-15H2/t19-/m1/s1. The molecular weight excluding hydrogens is 414 g/mol. The van der Waals surface area contributed by atoms with Gasteiger partial charge in [0.2, 0.25) is 0 Å². The van der Waals surface area contributed by atoms with Crippen molar-refractivity contribution in [1.82, 2.24) is 0 Å². The Morgan fingerprint density at radius 2 is 1.53 bits per heavy atom. The Morgan fingerprint density at radius 1 is 0.933 bits per heavy atom. The first-order valence-corrected chi connectivity index (χ1v) is 10.5. The normalized spacial score (nSPS) is 12.3. The number of para-hydroxylation sites is 2. The van der Waals surface area contributed by atoms with Crippen molar-refractivity contribution < 1.29 is 22.1 Å². The molecule has 0 unspecified atom stereocenters. The smallest absolute Gasteiger partial charge is 0.266 e. The van der Waals surface area contributed by atoms with Crippen molar-refractivity contribution in [2.75, 3.05) is 10.8 Å². The Kier molecular flexibility index (Phi) is 6.41. The first kappa shape index (κ1) is 21.4. The summed E-state index contributed by atoms with van der Waals surface area (Å²) in [5.41, 5.74) is -0.0942. The number of benzene rings is 3. The molecule has 0 spiro atoms. The fraction of sp³-hybridized carbons (Fsp3) is 0.143. The second-order valence-electron chi connectivity index (χ2n) is 6.45. The van der Waals surface area contributed by atoms with E-state index in [9.17, 15) is 27.3 Å². The molecule has 0 radical (unpaired) electrons. The molecule has 0 aliphatic carbocycles. The minimum atomic E-state index is -4.35. The molecule has 0 fully saturated rings. The Hall–Kier alpha value is -3.33. The molecule has 9 heteroatoms. The molecule has 0 N–H and O–H groups in total. The van der Waals surface area contributed by atoms with Crippen molar-refractivity contribution in [3.05, 3.63) is 100 Å². The molecule has 0 saturated carbocycles. The molecule has 1 atom stereocenters. The number of nitro groups is 1. The third-order valence-corrected chi connectivity index (χ3v) is 6.37. The summed E-state index contributed by atoms with van der Waals surface area (Å²) in [5, 5.41) is 11.3. The molecule has 0 aliphatic heterocycles. The molecular formula is C21H18F2N2O4S. The van der Waals surface area contributed by atoms with Crippen molar-refractivity contribution in [2.45, 2.75) is 17.5 Å². The summed E-state index contributed by atoms with van der Waals surface area (Å²) >= 11 is 0. The number of anilines is 1. The van der Waals surface area contributed by atoms with Crippen LogP contribution in [0.15, 0.2) is 83.8 Å². The molecule has 3 aromatic rings. The van der Waals surface area contributed by atoms with Crippen LogP contribution in [0.3, 0.4) is 0 Å².